The zero-order chi connectivity index (χ0) is 40.3. The van der Waals surface area contributed by atoms with Crippen molar-refractivity contribution in [2.75, 3.05) is 9.80 Å². The molecule has 0 heterocycles. The summed E-state index contributed by atoms with van der Waals surface area (Å²) in [5.41, 5.74) is 12.6. The van der Waals surface area contributed by atoms with E-state index in [0.29, 0.717) is 5.92 Å². The first-order valence-electron chi connectivity index (χ1n) is 21.5. The van der Waals surface area contributed by atoms with E-state index in [0.717, 1.165) is 37.1 Å². The highest BCUT2D eigenvalue weighted by Gasteiger charge is 2.23. The van der Waals surface area contributed by atoms with Crippen molar-refractivity contribution in [3.05, 3.63) is 184 Å². The molecule has 0 saturated heterocycles. The zero-order valence-electron chi connectivity index (χ0n) is 35.0. The van der Waals surface area contributed by atoms with E-state index in [1.807, 2.05) is 0 Å². The fourth-order valence-electron chi connectivity index (χ4n) is 9.36. The van der Waals surface area contributed by atoms with E-state index in [9.17, 15) is 0 Å². The van der Waals surface area contributed by atoms with Gasteiger partial charge in [-0.3, -0.25) is 0 Å². The molecule has 0 saturated carbocycles. The highest BCUT2D eigenvalue weighted by Crippen LogP contribution is 2.44. The van der Waals surface area contributed by atoms with Crippen LogP contribution in [0.2, 0.25) is 0 Å². The summed E-state index contributed by atoms with van der Waals surface area (Å²) in [5.74, 6) is 0.459. The van der Waals surface area contributed by atoms with Gasteiger partial charge < -0.3 is 9.80 Å². The van der Waals surface area contributed by atoms with Crippen LogP contribution in [0.5, 0.6) is 0 Å². The van der Waals surface area contributed by atoms with Crippen LogP contribution < -0.4 is 20.2 Å². The molecule has 0 spiro atoms. The Hall–Kier alpha value is -6.38. The SMILES string of the molecule is CC(C)c1ccc(N(c2ccc3ccccc3c2)c2cc3c4c(c(N(c5ccc(C(C)(C)C)cc5)c5ccc6c(c5)C=CCC6)cc3c3ccccc23)=CCCC=4)cc1. The maximum Gasteiger partial charge on any atom is 0.0546 e. The molecule has 0 unspecified atom stereocenters. The monoisotopic (exact) mass is 764 g/mol. The topological polar surface area (TPSA) is 6.48 Å². The van der Waals surface area contributed by atoms with Gasteiger partial charge >= 0.3 is 0 Å². The summed E-state index contributed by atoms with van der Waals surface area (Å²) in [4.78, 5) is 5.00. The van der Waals surface area contributed by atoms with Crippen LogP contribution in [0.15, 0.2) is 152 Å². The highest BCUT2D eigenvalue weighted by molar-refractivity contribution is 6.16. The van der Waals surface area contributed by atoms with Gasteiger partial charge in [-0.15, -0.1) is 0 Å². The molecule has 8 aromatic carbocycles. The largest absolute Gasteiger partial charge is 0.310 e. The van der Waals surface area contributed by atoms with Crippen molar-refractivity contribution >= 4 is 84.7 Å². The first kappa shape index (κ1) is 36.9. The summed E-state index contributed by atoms with van der Waals surface area (Å²) in [7, 11) is 0. The van der Waals surface area contributed by atoms with Crippen molar-refractivity contribution < 1.29 is 0 Å². The lowest BCUT2D eigenvalue weighted by atomic mass is 9.87. The van der Waals surface area contributed by atoms with Crippen LogP contribution in [-0.4, -0.2) is 0 Å². The van der Waals surface area contributed by atoms with Crippen LogP contribution in [0.25, 0.3) is 50.5 Å². The molecular formula is C57H52N2. The molecule has 2 nitrogen and oxygen atoms in total. The second-order valence-corrected chi connectivity index (χ2v) is 17.8. The van der Waals surface area contributed by atoms with Gasteiger partial charge in [0.05, 0.1) is 11.4 Å². The number of aryl methyl sites for hydroxylation is 1. The van der Waals surface area contributed by atoms with E-state index in [2.05, 4.69) is 214 Å². The van der Waals surface area contributed by atoms with Crippen LogP contribution in [0.4, 0.5) is 34.1 Å². The standard InChI is InChI=1S/C57H52N2/c1-38(2)39-22-28-45(29-23-39)58(47-30-24-40-14-6-8-16-42(40)34-47)55-36-53-50-19-11-13-21-52(50)56(37-54(53)49-18-10-12-20-51(49)55)59(46-32-26-44(27-33-46)57(3,4)5)48-31-25-41-15-7-9-17-43(41)35-48/h6,8-10,12,14,16-38H,7,11,13,15H2,1-5H3. The molecule has 2 aliphatic rings. The molecule has 0 atom stereocenters. The predicted molar refractivity (Wildman–Crippen MR) is 256 cm³/mol. The maximum atomic E-state index is 2.52. The van der Waals surface area contributed by atoms with Crippen molar-refractivity contribution in [3.63, 3.8) is 0 Å². The lowest BCUT2D eigenvalue weighted by Crippen LogP contribution is -2.33. The first-order chi connectivity index (χ1) is 28.7. The number of anilines is 6. The van der Waals surface area contributed by atoms with Crippen LogP contribution in [0.1, 0.15) is 82.1 Å². The number of allylic oxidation sites excluding steroid dienone is 1. The summed E-state index contributed by atoms with van der Waals surface area (Å²) in [6.45, 7) is 11.4. The fourth-order valence-corrected chi connectivity index (χ4v) is 9.36. The Morgan fingerprint density at radius 1 is 0.492 bits per heavy atom. The Bertz CT molecular complexity index is 3050. The minimum absolute atomic E-state index is 0.0681. The zero-order valence-corrected chi connectivity index (χ0v) is 35.0. The molecule has 59 heavy (non-hydrogen) atoms. The molecule has 0 N–H and O–H groups in total. The maximum absolute atomic E-state index is 2.52. The van der Waals surface area contributed by atoms with E-state index in [1.54, 1.807) is 0 Å². The minimum atomic E-state index is 0.0681. The van der Waals surface area contributed by atoms with Crippen molar-refractivity contribution in [3.8, 4) is 0 Å². The van der Waals surface area contributed by atoms with Crippen molar-refractivity contribution in [1.29, 1.82) is 0 Å². The van der Waals surface area contributed by atoms with Crippen LogP contribution >= 0.6 is 0 Å². The predicted octanol–water partition coefficient (Wildman–Crippen LogP) is 14.8. The highest BCUT2D eigenvalue weighted by atomic mass is 15.2. The Balaban J connectivity index is 1.25. The summed E-state index contributed by atoms with van der Waals surface area (Å²) < 4.78 is 0. The summed E-state index contributed by atoms with van der Waals surface area (Å²) >= 11 is 0. The van der Waals surface area contributed by atoms with Gasteiger partial charge in [0.2, 0.25) is 0 Å². The van der Waals surface area contributed by atoms with Crippen LogP contribution in [0, 0.1) is 0 Å². The number of fused-ring (bicyclic) bond motifs is 7. The molecule has 2 aliphatic carbocycles. The Morgan fingerprint density at radius 2 is 1.10 bits per heavy atom. The van der Waals surface area contributed by atoms with Gasteiger partial charge in [-0.25, -0.2) is 0 Å². The lowest BCUT2D eigenvalue weighted by molar-refractivity contribution is 0.590. The van der Waals surface area contributed by atoms with Gasteiger partial charge in [-0.2, -0.15) is 0 Å². The molecule has 10 rings (SSSR count). The fraction of sp³-hybridized carbons (Fsp3) is 0.193. The quantitative estimate of drug-likeness (QED) is 0.149. The van der Waals surface area contributed by atoms with Gasteiger partial charge in [0.25, 0.3) is 0 Å². The summed E-state index contributed by atoms with van der Waals surface area (Å²) in [6.07, 6.45) is 13.8. The second kappa shape index (κ2) is 14.8. The lowest BCUT2D eigenvalue weighted by Gasteiger charge is -2.30. The van der Waals surface area contributed by atoms with Crippen molar-refractivity contribution in [2.45, 2.75) is 71.6 Å². The molecule has 0 amide bonds. The molecule has 0 radical (unpaired) electrons. The molecule has 8 aromatic rings. The number of nitrogens with zero attached hydrogens (tertiary/aromatic N) is 2. The second-order valence-electron chi connectivity index (χ2n) is 17.8. The molecule has 0 bridgehead atoms. The summed E-state index contributed by atoms with van der Waals surface area (Å²) in [6, 6.07) is 55.2. The third-order valence-corrected chi connectivity index (χ3v) is 12.6. The molecule has 0 aromatic heterocycles. The average Bonchev–Trinajstić information content (AvgIpc) is 3.27. The number of hydrogen-bond donors (Lipinski definition) is 0. The van der Waals surface area contributed by atoms with Gasteiger partial charge in [0, 0.05) is 33.4 Å². The number of rotatable bonds is 7. The van der Waals surface area contributed by atoms with E-state index < -0.39 is 0 Å². The van der Waals surface area contributed by atoms with Crippen LogP contribution in [-0.2, 0) is 11.8 Å². The molecular weight excluding hydrogens is 713 g/mol. The Kier molecular flexibility index (Phi) is 9.25. The third-order valence-electron chi connectivity index (χ3n) is 12.6. The van der Waals surface area contributed by atoms with Crippen molar-refractivity contribution in [2.24, 2.45) is 0 Å². The van der Waals surface area contributed by atoms with Crippen molar-refractivity contribution in [1.82, 2.24) is 0 Å². The normalized spacial score (nSPS) is 13.6. The van der Waals surface area contributed by atoms with Gasteiger partial charge in [0.1, 0.15) is 0 Å². The van der Waals surface area contributed by atoms with E-state index in [4.69, 9.17) is 0 Å². The average molecular weight is 765 g/mol. The third kappa shape index (κ3) is 6.71. The molecule has 0 fully saturated rings. The Labute approximate surface area is 349 Å². The number of hydrogen-bond acceptors (Lipinski definition) is 2. The van der Waals surface area contributed by atoms with E-state index in [1.165, 1.54) is 87.8 Å². The molecule has 0 aliphatic heterocycles. The van der Waals surface area contributed by atoms with Gasteiger partial charge in [0.15, 0.2) is 0 Å². The van der Waals surface area contributed by atoms with Crippen LogP contribution in [0.3, 0.4) is 0 Å². The smallest absolute Gasteiger partial charge is 0.0546 e. The van der Waals surface area contributed by atoms with E-state index >= 15 is 0 Å². The molecule has 290 valence electrons. The first-order valence-corrected chi connectivity index (χ1v) is 21.5. The van der Waals surface area contributed by atoms with Gasteiger partial charge in [-0.05, 0) is 152 Å². The number of benzene rings is 8. The Morgan fingerprint density at radius 3 is 1.85 bits per heavy atom. The minimum Gasteiger partial charge on any atom is -0.310 e. The molecule has 2 heteroatoms. The summed E-state index contributed by atoms with van der Waals surface area (Å²) in [5, 5.41) is 10.1. The van der Waals surface area contributed by atoms with E-state index in [-0.39, 0.29) is 5.41 Å². The van der Waals surface area contributed by atoms with Gasteiger partial charge in [-0.1, -0.05) is 144 Å².